The third kappa shape index (κ3) is 3.98. The van der Waals surface area contributed by atoms with Crippen LogP contribution in [0.3, 0.4) is 0 Å². The fourth-order valence-electron chi connectivity index (χ4n) is 2.18. The average Bonchev–Trinajstić information content (AvgIpc) is 3.15. The molecule has 0 fully saturated rings. The lowest BCUT2D eigenvalue weighted by Crippen LogP contribution is -2.28. The molecule has 0 spiro atoms. The Morgan fingerprint density at radius 1 is 1.12 bits per heavy atom. The molecule has 6 nitrogen and oxygen atoms in total. The second-order valence-electron chi connectivity index (χ2n) is 5.30. The monoisotopic (exact) mass is 322 g/mol. The Morgan fingerprint density at radius 2 is 1.88 bits per heavy atom. The molecule has 0 aliphatic carbocycles. The summed E-state index contributed by atoms with van der Waals surface area (Å²) in [6, 6.07) is 15.0. The van der Waals surface area contributed by atoms with Gasteiger partial charge in [0.25, 0.3) is 5.91 Å². The van der Waals surface area contributed by atoms with E-state index < -0.39 is 0 Å². The smallest absolute Gasteiger partial charge is 0.251 e. The molecular formula is C18H18N4O2. The molecule has 0 saturated heterocycles. The zero-order chi connectivity index (χ0) is 16.8. The Hall–Kier alpha value is -3.15. The summed E-state index contributed by atoms with van der Waals surface area (Å²) in [5.41, 5.74) is 2.63. The van der Waals surface area contributed by atoms with Crippen molar-refractivity contribution in [2.24, 2.45) is 0 Å². The molecule has 122 valence electrons. The SMILES string of the molecule is Cc1ccc(OCCNC(=O)c2ccc(-n3cncn3)cc2)cc1. The van der Waals surface area contributed by atoms with Gasteiger partial charge in [-0.2, -0.15) is 5.10 Å². The second kappa shape index (κ2) is 7.41. The topological polar surface area (TPSA) is 69.0 Å². The van der Waals surface area contributed by atoms with Crippen LogP contribution in [0.15, 0.2) is 61.2 Å². The Labute approximate surface area is 140 Å². The zero-order valence-electron chi connectivity index (χ0n) is 13.3. The number of amides is 1. The number of rotatable bonds is 6. The van der Waals surface area contributed by atoms with Gasteiger partial charge in [0.15, 0.2) is 0 Å². The number of hydrogen-bond donors (Lipinski definition) is 1. The standard InChI is InChI=1S/C18H18N4O2/c1-14-2-8-17(9-3-14)24-11-10-20-18(23)15-4-6-16(7-5-15)22-13-19-12-21-22/h2-9,12-13H,10-11H2,1H3,(H,20,23). The van der Waals surface area contributed by atoms with Gasteiger partial charge in [-0.05, 0) is 43.3 Å². The quantitative estimate of drug-likeness (QED) is 0.708. The maximum absolute atomic E-state index is 12.1. The number of aryl methyl sites for hydroxylation is 1. The lowest BCUT2D eigenvalue weighted by molar-refractivity contribution is 0.0947. The molecule has 3 rings (SSSR count). The van der Waals surface area contributed by atoms with Crippen molar-refractivity contribution in [1.82, 2.24) is 20.1 Å². The molecule has 2 aromatic carbocycles. The van der Waals surface area contributed by atoms with Crippen LogP contribution in [0.1, 0.15) is 15.9 Å². The van der Waals surface area contributed by atoms with Crippen molar-refractivity contribution in [3.63, 3.8) is 0 Å². The molecular weight excluding hydrogens is 304 g/mol. The van der Waals surface area contributed by atoms with Gasteiger partial charge in [-0.1, -0.05) is 17.7 Å². The van der Waals surface area contributed by atoms with Crippen LogP contribution in [0.5, 0.6) is 5.75 Å². The highest BCUT2D eigenvalue weighted by molar-refractivity contribution is 5.94. The van der Waals surface area contributed by atoms with Crippen molar-refractivity contribution >= 4 is 5.91 Å². The lowest BCUT2D eigenvalue weighted by Gasteiger charge is -2.08. The third-order valence-electron chi connectivity index (χ3n) is 3.49. The summed E-state index contributed by atoms with van der Waals surface area (Å²) in [5.74, 6) is 0.666. The van der Waals surface area contributed by atoms with Gasteiger partial charge in [0.05, 0.1) is 12.2 Å². The largest absolute Gasteiger partial charge is 0.492 e. The Balaban J connectivity index is 1.47. The summed E-state index contributed by atoms with van der Waals surface area (Å²) >= 11 is 0. The predicted octanol–water partition coefficient (Wildman–Crippen LogP) is 2.38. The predicted molar refractivity (Wildman–Crippen MR) is 90.4 cm³/mol. The van der Waals surface area contributed by atoms with E-state index >= 15 is 0 Å². The number of hydrogen-bond acceptors (Lipinski definition) is 4. The number of nitrogens with one attached hydrogen (secondary N) is 1. The van der Waals surface area contributed by atoms with Gasteiger partial charge < -0.3 is 10.1 Å². The van der Waals surface area contributed by atoms with Crippen LogP contribution in [0, 0.1) is 6.92 Å². The van der Waals surface area contributed by atoms with Crippen LogP contribution in [0.2, 0.25) is 0 Å². The summed E-state index contributed by atoms with van der Waals surface area (Å²) in [4.78, 5) is 16.0. The van der Waals surface area contributed by atoms with E-state index in [2.05, 4.69) is 15.4 Å². The maximum Gasteiger partial charge on any atom is 0.251 e. The van der Waals surface area contributed by atoms with Crippen LogP contribution < -0.4 is 10.1 Å². The molecule has 1 N–H and O–H groups in total. The molecule has 0 aliphatic heterocycles. The zero-order valence-corrected chi connectivity index (χ0v) is 13.3. The first-order valence-corrected chi connectivity index (χ1v) is 7.65. The van der Waals surface area contributed by atoms with E-state index in [1.807, 2.05) is 43.3 Å². The molecule has 0 atom stereocenters. The summed E-state index contributed by atoms with van der Waals surface area (Å²) < 4.78 is 7.22. The highest BCUT2D eigenvalue weighted by atomic mass is 16.5. The minimum Gasteiger partial charge on any atom is -0.492 e. The number of aromatic nitrogens is 3. The van der Waals surface area contributed by atoms with Crippen molar-refractivity contribution in [2.75, 3.05) is 13.2 Å². The normalized spacial score (nSPS) is 10.4. The van der Waals surface area contributed by atoms with Crippen LogP contribution in [-0.2, 0) is 0 Å². The molecule has 0 radical (unpaired) electrons. The Morgan fingerprint density at radius 3 is 2.54 bits per heavy atom. The van der Waals surface area contributed by atoms with E-state index in [0.29, 0.717) is 18.7 Å². The molecule has 1 amide bonds. The molecule has 3 aromatic rings. The van der Waals surface area contributed by atoms with E-state index in [9.17, 15) is 4.79 Å². The van der Waals surface area contributed by atoms with E-state index in [-0.39, 0.29) is 5.91 Å². The first-order valence-electron chi connectivity index (χ1n) is 7.65. The Bertz CT molecular complexity index is 781. The van der Waals surface area contributed by atoms with Crippen LogP contribution in [0.4, 0.5) is 0 Å². The van der Waals surface area contributed by atoms with Gasteiger partial charge in [0.1, 0.15) is 25.0 Å². The van der Waals surface area contributed by atoms with Crippen molar-refractivity contribution < 1.29 is 9.53 Å². The van der Waals surface area contributed by atoms with Crippen molar-refractivity contribution in [3.05, 3.63) is 72.3 Å². The van der Waals surface area contributed by atoms with Gasteiger partial charge in [0.2, 0.25) is 0 Å². The van der Waals surface area contributed by atoms with Gasteiger partial charge in [0, 0.05) is 5.56 Å². The number of carbonyl (C=O) groups excluding carboxylic acids is 1. The second-order valence-corrected chi connectivity index (χ2v) is 5.30. The first kappa shape index (κ1) is 15.7. The van der Waals surface area contributed by atoms with E-state index in [4.69, 9.17) is 4.74 Å². The number of ether oxygens (including phenoxy) is 1. The molecule has 0 unspecified atom stereocenters. The van der Waals surface area contributed by atoms with Gasteiger partial charge in [-0.3, -0.25) is 4.79 Å². The van der Waals surface area contributed by atoms with Crippen molar-refractivity contribution in [3.8, 4) is 11.4 Å². The molecule has 1 aromatic heterocycles. The summed E-state index contributed by atoms with van der Waals surface area (Å²) in [6.07, 6.45) is 3.08. The minimum absolute atomic E-state index is 0.132. The number of benzene rings is 2. The minimum atomic E-state index is -0.132. The summed E-state index contributed by atoms with van der Waals surface area (Å²) in [6.45, 7) is 2.89. The van der Waals surface area contributed by atoms with Crippen molar-refractivity contribution in [2.45, 2.75) is 6.92 Å². The van der Waals surface area contributed by atoms with Gasteiger partial charge >= 0.3 is 0 Å². The average molecular weight is 322 g/mol. The van der Waals surface area contributed by atoms with Crippen LogP contribution in [0.25, 0.3) is 5.69 Å². The van der Waals surface area contributed by atoms with E-state index in [1.165, 1.54) is 11.9 Å². The molecule has 0 aliphatic rings. The third-order valence-corrected chi connectivity index (χ3v) is 3.49. The maximum atomic E-state index is 12.1. The highest BCUT2D eigenvalue weighted by Crippen LogP contribution is 2.11. The highest BCUT2D eigenvalue weighted by Gasteiger charge is 2.05. The van der Waals surface area contributed by atoms with Gasteiger partial charge in [-0.15, -0.1) is 0 Å². The molecule has 0 saturated carbocycles. The molecule has 0 bridgehead atoms. The van der Waals surface area contributed by atoms with Crippen LogP contribution in [-0.4, -0.2) is 33.8 Å². The van der Waals surface area contributed by atoms with Crippen LogP contribution >= 0.6 is 0 Å². The molecule has 6 heteroatoms. The fourth-order valence-corrected chi connectivity index (χ4v) is 2.18. The molecule has 1 heterocycles. The van der Waals surface area contributed by atoms with Crippen molar-refractivity contribution in [1.29, 1.82) is 0 Å². The molecule has 24 heavy (non-hydrogen) atoms. The summed E-state index contributed by atoms with van der Waals surface area (Å²) in [5, 5.41) is 6.88. The van der Waals surface area contributed by atoms with Gasteiger partial charge in [-0.25, -0.2) is 9.67 Å². The lowest BCUT2D eigenvalue weighted by atomic mass is 10.2. The first-order chi connectivity index (χ1) is 11.7. The number of carbonyl (C=O) groups is 1. The number of nitrogens with zero attached hydrogens (tertiary/aromatic N) is 3. The Kier molecular flexibility index (Phi) is 4.86. The van der Waals surface area contributed by atoms with E-state index in [0.717, 1.165) is 11.4 Å². The van der Waals surface area contributed by atoms with E-state index in [1.54, 1.807) is 23.1 Å². The summed E-state index contributed by atoms with van der Waals surface area (Å²) in [7, 11) is 0. The fraction of sp³-hybridized carbons (Fsp3) is 0.167.